The molecule has 1 rings (SSSR count). The molecule has 0 aliphatic carbocycles. The van der Waals surface area contributed by atoms with E-state index in [2.05, 4.69) is 10.3 Å². The van der Waals surface area contributed by atoms with E-state index in [1.807, 2.05) is 0 Å². The zero-order valence-corrected chi connectivity index (χ0v) is 9.84. The van der Waals surface area contributed by atoms with Crippen molar-refractivity contribution in [3.8, 4) is 5.75 Å². The van der Waals surface area contributed by atoms with Gasteiger partial charge in [0.2, 0.25) is 0 Å². The summed E-state index contributed by atoms with van der Waals surface area (Å²) in [5, 5.41) is 12.3. The van der Waals surface area contributed by atoms with E-state index in [1.54, 1.807) is 27.7 Å². The van der Waals surface area contributed by atoms with E-state index in [4.69, 9.17) is 0 Å². The summed E-state index contributed by atoms with van der Waals surface area (Å²) in [6.45, 7) is 7.00. The van der Waals surface area contributed by atoms with Crippen LogP contribution in [0.15, 0.2) is 11.0 Å². The van der Waals surface area contributed by atoms with E-state index in [9.17, 15) is 14.7 Å². The highest BCUT2D eigenvalue weighted by Gasteiger charge is 2.21. The Bertz CT molecular complexity index is 469. The lowest BCUT2D eigenvalue weighted by molar-refractivity contribution is 0.0915. The van der Waals surface area contributed by atoms with Gasteiger partial charge in [-0.3, -0.25) is 9.59 Å². The van der Waals surface area contributed by atoms with Gasteiger partial charge in [0.1, 0.15) is 11.3 Å². The van der Waals surface area contributed by atoms with E-state index >= 15 is 0 Å². The zero-order valence-electron chi connectivity index (χ0n) is 9.84. The maximum Gasteiger partial charge on any atom is 0.264 e. The molecule has 16 heavy (non-hydrogen) atoms. The van der Waals surface area contributed by atoms with Crippen LogP contribution in [0.1, 0.15) is 36.7 Å². The van der Waals surface area contributed by atoms with Crippen LogP contribution < -0.4 is 10.9 Å². The molecule has 1 aromatic rings. The molecule has 0 fully saturated rings. The van der Waals surface area contributed by atoms with Crippen LogP contribution in [-0.4, -0.2) is 21.5 Å². The molecule has 88 valence electrons. The normalized spacial score (nSPS) is 11.2. The number of rotatable bonds is 1. The summed E-state index contributed by atoms with van der Waals surface area (Å²) in [6, 6.07) is 0. The number of amides is 1. The highest BCUT2D eigenvalue weighted by molar-refractivity contribution is 5.97. The maximum absolute atomic E-state index is 11.8. The number of carbonyl (C=O) groups excluding carboxylic acids is 1. The second kappa shape index (κ2) is 4.00. The number of aromatic nitrogens is 1. The van der Waals surface area contributed by atoms with E-state index in [0.717, 1.165) is 0 Å². The molecule has 0 spiro atoms. The van der Waals surface area contributed by atoms with Crippen molar-refractivity contribution in [3.63, 3.8) is 0 Å². The van der Waals surface area contributed by atoms with Gasteiger partial charge in [0.05, 0.1) is 0 Å². The first-order valence-corrected chi connectivity index (χ1v) is 4.96. The van der Waals surface area contributed by atoms with Gasteiger partial charge >= 0.3 is 0 Å². The van der Waals surface area contributed by atoms with Gasteiger partial charge in [-0.1, -0.05) is 0 Å². The molecular weight excluding hydrogens is 208 g/mol. The molecule has 0 aromatic carbocycles. The first kappa shape index (κ1) is 12.3. The largest absolute Gasteiger partial charge is 0.507 e. The van der Waals surface area contributed by atoms with Crippen LogP contribution in [0.2, 0.25) is 0 Å². The third kappa shape index (κ3) is 2.62. The van der Waals surface area contributed by atoms with E-state index < -0.39 is 17.0 Å². The van der Waals surface area contributed by atoms with Crippen LogP contribution in [0.5, 0.6) is 5.75 Å². The molecule has 1 amide bonds. The number of H-pyrrole nitrogens is 1. The van der Waals surface area contributed by atoms with Crippen LogP contribution in [0.4, 0.5) is 0 Å². The molecule has 0 radical (unpaired) electrons. The number of nitrogens with one attached hydrogen (secondary N) is 2. The van der Waals surface area contributed by atoms with Gasteiger partial charge in [-0.25, -0.2) is 0 Å². The Morgan fingerprint density at radius 3 is 2.50 bits per heavy atom. The molecule has 1 aromatic heterocycles. The summed E-state index contributed by atoms with van der Waals surface area (Å²) in [5.41, 5.74) is -0.835. The quantitative estimate of drug-likeness (QED) is 0.663. The Morgan fingerprint density at radius 2 is 2.00 bits per heavy atom. The summed E-state index contributed by atoms with van der Waals surface area (Å²) in [6.07, 6.45) is 1.37. The molecule has 0 atom stereocenters. The Balaban J connectivity index is 3.19. The third-order valence-electron chi connectivity index (χ3n) is 1.97. The Labute approximate surface area is 93.5 Å². The molecule has 3 N–H and O–H groups in total. The number of carbonyl (C=O) groups is 1. The molecule has 1 heterocycles. The lowest BCUT2D eigenvalue weighted by Gasteiger charge is -2.20. The lowest BCUT2D eigenvalue weighted by Crippen LogP contribution is -2.42. The van der Waals surface area contributed by atoms with Gasteiger partial charge in [0.25, 0.3) is 11.5 Å². The van der Waals surface area contributed by atoms with Crippen molar-refractivity contribution in [1.29, 1.82) is 0 Å². The third-order valence-corrected chi connectivity index (χ3v) is 1.97. The number of pyridine rings is 1. The number of aromatic amines is 1. The molecule has 0 aliphatic rings. The van der Waals surface area contributed by atoms with E-state index in [1.165, 1.54) is 6.20 Å². The SMILES string of the molecule is Cc1c[nH]c(=O)c(C(=O)NC(C)(C)C)c1O. The van der Waals surface area contributed by atoms with Gasteiger partial charge in [-0.15, -0.1) is 0 Å². The fourth-order valence-corrected chi connectivity index (χ4v) is 1.23. The predicted octanol–water partition coefficient (Wildman–Crippen LogP) is 0.917. The number of aromatic hydroxyl groups is 1. The molecule has 0 aliphatic heterocycles. The van der Waals surface area contributed by atoms with Crippen molar-refractivity contribution < 1.29 is 9.90 Å². The van der Waals surface area contributed by atoms with E-state index in [0.29, 0.717) is 5.56 Å². The highest BCUT2D eigenvalue weighted by atomic mass is 16.3. The summed E-state index contributed by atoms with van der Waals surface area (Å²) < 4.78 is 0. The second-order valence-electron chi connectivity index (χ2n) is 4.73. The smallest absolute Gasteiger partial charge is 0.264 e. The molecule has 5 heteroatoms. The monoisotopic (exact) mass is 224 g/mol. The van der Waals surface area contributed by atoms with E-state index in [-0.39, 0.29) is 11.3 Å². The first-order chi connectivity index (χ1) is 7.22. The Morgan fingerprint density at radius 1 is 1.44 bits per heavy atom. The van der Waals surface area contributed by atoms with Crippen LogP contribution >= 0.6 is 0 Å². The summed E-state index contributed by atoms with van der Waals surface area (Å²) >= 11 is 0. The summed E-state index contributed by atoms with van der Waals surface area (Å²) in [7, 11) is 0. The van der Waals surface area contributed by atoms with Crippen LogP contribution in [-0.2, 0) is 0 Å². The van der Waals surface area contributed by atoms with Crippen molar-refractivity contribution >= 4 is 5.91 Å². The maximum atomic E-state index is 11.8. The number of hydrogen-bond donors (Lipinski definition) is 3. The molecule has 0 saturated carbocycles. The van der Waals surface area contributed by atoms with Gasteiger partial charge in [0.15, 0.2) is 0 Å². The van der Waals surface area contributed by atoms with Crippen LogP contribution in [0.25, 0.3) is 0 Å². The highest BCUT2D eigenvalue weighted by Crippen LogP contribution is 2.17. The van der Waals surface area contributed by atoms with Crippen molar-refractivity contribution in [2.24, 2.45) is 0 Å². The second-order valence-corrected chi connectivity index (χ2v) is 4.73. The Hall–Kier alpha value is -1.78. The van der Waals surface area contributed by atoms with Crippen LogP contribution in [0, 0.1) is 6.92 Å². The van der Waals surface area contributed by atoms with Crippen molar-refractivity contribution in [1.82, 2.24) is 10.3 Å². The van der Waals surface area contributed by atoms with Crippen molar-refractivity contribution in [3.05, 3.63) is 27.7 Å². The lowest BCUT2D eigenvalue weighted by atomic mass is 10.1. The van der Waals surface area contributed by atoms with Gasteiger partial charge in [0, 0.05) is 17.3 Å². The average molecular weight is 224 g/mol. The molecular formula is C11H16N2O3. The summed E-state index contributed by atoms with van der Waals surface area (Å²) in [5.74, 6) is -0.847. The predicted molar refractivity (Wildman–Crippen MR) is 60.7 cm³/mol. The minimum atomic E-state index is -0.593. The van der Waals surface area contributed by atoms with Gasteiger partial charge in [-0.05, 0) is 27.7 Å². The first-order valence-electron chi connectivity index (χ1n) is 4.96. The van der Waals surface area contributed by atoms with Gasteiger partial charge < -0.3 is 15.4 Å². The van der Waals surface area contributed by atoms with Crippen molar-refractivity contribution in [2.75, 3.05) is 0 Å². The fraction of sp³-hybridized carbons (Fsp3) is 0.455. The molecule has 0 unspecified atom stereocenters. The standard InChI is InChI=1S/C11H16N2O3/c1-6-5-12-9(15)7(8(6)14)10(16)13-11(2,3)4/h5H,1-4H3,(H,13,16)(H2,12,14,15). The van der Waals surface area contributed by atoms with Gasteiger partial charge in [-0.2, -0.15) is 0 Å². The Kier molecular flexibility index (Phi) is 3.07. The molecule has 0 saturated heterocycles. The molecule has 0 bridgehead atoms. The van der Waals surface area contributed by atoms with Crippen LogP contribution in [0.3, 0.4) is 0 Å². The molecule has 5 nitrogen and oxygen atoms in total. The fourth-order valence-electron chi connectivity index (χ4n) is 1.23. The van der Waals surface area contributed by atoms with Crippen molar-refractivity contribution in [2.45, 2.75) is 33.2 Å². The number of aryl methyl sites for hydroxylation is 1. The summed E-state index contributed by atoms with van der Waals surface area (Å²) in [4.78, 5) is 25.6. The minimum Gasteiger partial charge on any atom is -0.507 e. The zero-order chi connectivity index (χ0) is 12.5. The topological polar surface area (TPSA) is 82.2 Å². The number of hydrogen-bond acceptors (Lipinski definition) is 3. The minimum absolute atomic E-state index is 0.241. The average Bonchev–Trinajstić information content (AvgIpc) is 2.09.